The summed E-state index contributed by atoms with van der Waals surface area (Å²) in [6.07, 6.45) is 8.65. The largest absolute Gasteiger partial charge is 0.504 e. The molecular weight excluding hydrogens is 865 g/mol. The normalized spacial score (nSPS) is 23.7. The number of ether oxygens (including phenoxy) is 1. The van der Waals surface area contributed by atoms with E-state index in [9.17, 15) is 30.0 Å². The number of aliphatic hydroxyl groups is 3. The lowest BCUT2D eigenvalue weighted by molar-refractivity contribution is -0.142. The number of carbonyl (C=O) groups excluding carboxylic acids is 2. The van der Waals surface area contributed by atoms with E-state index < -0.39 is 47.6 Å². The average Bonchev–Trinajstić information content (AvgIpc) is 3.74. The van der Waals surface area contributed by atoms with E-state index >= 15 is 0 Å². The van der Waals surface area contributed by atoms with Gasteiger partial charge in [0.2, 0.25) is 0 Å². The third-order valence-electron chi connectivity index (χ3n) is 14.8. The second kappa shape index (κ2) is 24.3. The highest BCUT2D eigenvalue weighted by Crippen LogP contribution is 2.46. The van der Waals surface area contributed by atoms with Gasteiger partial charge in [-0.15, -0.1) is 0 Å². The molecule has 10 unspecified atom stereocenters. The number of nitrogens with two attached hydrogens (primary N) is 1. The predicted octanol–water partition coefficient (Wildman–Crippen LogP) is 7.56. The summed E-state index contributed by atoms with van der Waals surface area (Å²) in [6, 6.07) is 24.0. The van der Waals surface area contributed by atoms with Crippen LogP contribution in [-0.4, -0.2) is 82.0 Å². The molecule has 0 spiro atoms. The van der Waals surface area contributed by atoms with Gasteiger partial charge < -0.3 is 46.5 Å². The van der Waals surface area contributed by atoms with Gasteiger partial charge in [-0.3, -0.25) is 9.59 Å². The van der Waals surface area contributed by atoms with Crippen LogP contribution in [0.4, 0.5) is 0 Å². The molecule has 1 fully saturated rings. The van der Waals surface area contributed by atoms with Gasteiger partial charge in [-0.05, 0) is 134 Å². The van der Waals surface area contributed by atoms with Crippen LogP contribution in [0.25, 0.3) is 0 Å². The molecule has 0 bridgehead atoms. The summed E-state index contributed by atoms with van der Waals surface area (Å²) in [5.74, 6) is 5.40. The molecule has 1 aliphatic heterocycles. The maximum absolute atomic E-state index is 15.0. The summed E-state index contributed by atoms with van der Waals surface area (Å²) in [6.45, 7) is 7.85. The molecule has 11 nitrogen and oxygen atoms in total. The van der Waals surface area contributed by atoms with Crippen LogP contribution in [0, 0.1) is 41.4 Å². The highest BCUT2D eigenvalue weighted by atomic mass is 16.5. The van der Waals surface area contributed by atoms with Gasteiger partial charge in [0.15, 0.2) is 29.2 Å². The Morgan fingerprint density at radius 1 is 0.942 bits per heavy atom. The summed E-state index contributed by atoms with van der Waals surface area (Å²) in [4.78, 5) is 32.6. The van der Waals surface area contributed by atoms with Crippen LogP contribution in [0.3, 0.4) is 0 Å². The second-order valence-corrected chi connectivity index (χ2v) is 20.0. The Morgan fingerprint density at radius 2 is 1.70 bits per heavy atom. The molecule has 2 heterocycles. The minimum absolute atomic E-state index is 0.0386. The van der Waals surface area contributed by atoms with E-state index in [1.807, 2.05) is 60.8 Å². The Labute approximate surface area is 409 Å². The van der Waals surface area contributed by atoms with Crippen LogP contribution in [0.5, 0.6) is 11.5 Å². The number of hydrogen-bond acceptors (Lipinski definition) is 10. The lowest BCUT2D eigenvalue weighted by atomic mass is 9.73. The molecule has 9 N–H and O–H groups in total. The Morgan fingerprint density at radius 3 is 2.41 bits per heavy atom. The molecular formula is C58H74N4O7. The molecule has 10 atom stereocenters. The fourth-order valence-corrected chi connectivity index (χ4v) is 11.2. The number of hydrogen-bond donors (Lipinski definition) is 8. The lowest BCUT2D eigenvalue weighted by Gasteiger charge is -2.33. The van der Waals surface area contributed by atoms with Gasteiger partial charge in [-0.2, -0.15) is 0 Å². The quantitative estimate of drug-likeness (QED) is 0.0365. The van der Waals surface area contributed by atoms with Crippen molar-refractivity contribution in [2.45, 2.75) is 122 Å². The number of aromatic amines is 1. The minimum Gasteiger partial charge on any atom is -0.504 e. The molecule has 0 radical (unpaired) electrons. The fraction of sp³-hybridized carbons (Fsp3) is 0.483. The van der Waals surface area contributed by atoms with E-state index in [1.54, 1.807) is 13.0 Å². The molecule has 0 amide bonds. The maximum atomic E-state index is 15.0. The van der Waals surface area contributed by atoms with E-state index in [0.29, 0.717) is 75.3 Å². The molecule has 1 aromatic heterocycles. The zero-order valence-corrected chi connectivity index (χ0v) is 40.9. The van der Waals surface area contributed by atoms with Crippen LogP contribution in [0.2, 0.25) is 0 Å². The van der Waals surface area contributed by atoms with E-state index in [4.69, 9.17) is 10.5 Å². The Balaban J connectivity index is 1.31. The third kappa shape index (κ3) is 13.2. The molecule has 3 aromatic carbocycles. The topological polar surface area (TPSA) is 190 Å². The number of phenols is 1. The number of aliphatic hydroxyl groups excluding tert-OH is 3. The number of H-pyrrole nitrogens is 1. The number of aromatic nitrogens is 1. The zero-order valence-electron chi connectivity index (χ0n) is 40.9. The summed E-state index contributed by atoms with van der Waals surface area (Å²) in [7, 11) is 1.52. The molecule has 4 aromatic rings. The van der Waals surface area contributed by atoms with Gasteiger partial charge in [0.25, 0.3) is 0 Å². The highest BCUT2D eigenvalue weighted by Gasteiger charge is 2.43. The van der Waals surface area contributed by atoms with Crippen molar-refractivity contribution >= 4 is 11.6 Å². The standard InChI is InChI=1S/C58H74N4O7/c1-5-12-47(52(65)32-46-29-45(35-62-46)36(2)33-60-34-37(3)63)44-27-40(25-39-23-24-61-54(59)28-39)26-42-18-21-48(41-15-10-7-11-16-41)55-43(19-22-51(64)58(68)57(67)50(42)30-44)31-53(69-4)56(66)49(55)20-17-38-13-8-6-9-14-38/h6-11,13-16,23,28-29,31,35-37,40,42,44,47-48,50,52,58,60-63,65-66,68H,5,12,17,19-20,22,24-27,30,32-34,59H2,1-4H3. The van der Waals surface area contributed by atoms with Gasteiger partial charge in [-0.25, -0.2) is 0 Å². The van der Waals surface area contributed by atoms with Crippen molar-refractivity contribution in [3.8, 4) is 23.3 Å². The number of aromatic hydroxyl groups is 1. The first-order chi connectivity index (χ1) is 33.3. The van der Waals surface area contributed by atoms with Crippen molar-refractivity contribution in [3.63, 3.8) is 0 Å². The number of phenolic OH excluding ortho intramolecular Hbond substituents is 1. The fourth-order valence-electron chi connectivity index (χ4n) is 11.2. The summed E-state index contributed by atoms with van der Waals surface area (Å²) >= 11 is 0. The summed E-state index contributed by atoms with van der Waals surface area (Å²) < 4.78 is 5.75. The average molecular weight is 939 g/mol. The molecule has 368 valence electrons. The predicted molar refractivity (Wildman–Crippen MR) is 272 cm³/mol. The van der Waals surface area contributed by atoms with Crippen molar-refractivity contribution in [1.82, 2.24) is 15.6 Å². The molecule has 2 aliphatic carbocycles. The first-order valence-corrected chi connectivity index (χ1v) is 25.2. The number of fused-ring (bicyclic) bond motifs is 2. The van der Waals surface area contributed by atoms with Gasteiger partial charge in [0.1, 0.15) is 0 Å². The highest BCUT2D eigenvalue weighted by molar-refractivity contribution is 6.06. The van der Waals surface area contributed by atoms with Crippen LogP contribution >= 0.6 is 0 Å². The molecule has 0 saturated heterocycles. The van der Waals surface area contributed by atoms with Crippen molar-refractivity contribution < 1.29 is 34.8 Å². The number of Topliss-reactive ketones (excluding diaryl/α,β-unsaturated/α-hetero) is 2. The minimum atomic E-state index is -1.83. The van der Waals surface area contributed by atoms with Crippen molar-refractivity contribution in [3.05, 3.63) is 142 Å². The van der Waals surface area contributed by atoms with Crippen molar-refractivity contribution in [2.24, 2.45) is 35.3 Å². The number of rotatable bonds is 18. The van der Waals surface area contributed by atoms with E-state index in [-0.39, 0.29) is 42.3 Å². The molecule has 11 heteroatoms. The van der Waals surface area contributed by atoms with Crippen LogP contribution in [-0.2, 0) is 35.3 Å². The molecule has 7 rings (SSSR count). The van der Waals surface area contributed by atoms with Crippen LogP contribution in [0.15, 0.2) is 103 Å². The van der Waals surface area contributed by atoms with E-state index in [2.05, 4.69) is 65.6 Å². The monoisotopic (exact) mass is 939 g/mol. The Hall–Kier alpha value is -5.64. The smallest absolute Gasteiger partial charge is 0.173 e. The number of benzene rings is 3. The van der Waals surface area contributed by atoms with Crippen molar-refractivity contribution in [1.29, 1.82) is 0 Å². The number of methoxy groups -OCH3 is 1. The molecule has 3 aliphatic rings. The first kappa shape index (κ1) is 51.2. The van der Waals surface area contributed by atoms with Crippen molar-refractivity contribution in [2.75, 3.05) is 26.7 Å². The van der Waals surface area contributed by atoms with Gasteiger partial charge in [0.05, 0.1) is 31.1 Å². The van der Waals surface area contributed by atoms with Crippen LogP contribution in [0.1, 0.15) is 117 Å². The number of allylic oxidation sites excluding steroid dienone is 2. The van der Waals surface area contributed by atoms with E-state index in [0.717, 1.165) is 58.3 Å². The Bertz CT molecular complexity index is 2470. The van der Waals surface area contributed by atoms with Gasteiger partial charge in [0, 0.05) is 61.8 Å². The molecule has 1 saturated carbocycles. The van der Waals surface area contributed by atoms with Gasteiger partial charge in [-0.1, -0.05) is 98.8 Å². The maximum Gasteiger partial charge on any atom is 0.173 e. The SMILES string of the molecule is CCCC(C(O)Cc1cc(C(C)CNCC(C)O)c[nH]1)C1CC(CC2=CCNC(N)=C2)CC2C#CC(c3ccccc3)c3c(cc(OC)c(O)c3CCc3ccccc3)CCC(=O)C(O)C(=O)C2C1. The second-order valence-electron chi connectivity index (χ2n) is 20.0. The third-order valence-corrected chi connectivity index (χ3v) is 14.8. The Kier molecular flexibility index (Phi) is 18.0. The van der Waals surface area contributed by atoms with Gasteiger partial charge >= 0.3 is 0 Å². The molecule has 69 heavy (non-hydrogen) atoms. The lowest BCUT2D eigenvalue weighted by Crippen LogP contribution is -2.40. The summed E-state index contributed by atoms with van der Waals surface area (Å²) in [5, 5.41) is 52.4. The number of dihydropyridines is 1. The van der Waals surface area contributed by atoms with Crippen LogP contribution < -0.4 is 21.1 Å². The zero-order chi connectivity index (χ0) is 49.0. The number of ketones is 2. The number of aryl methyl sites for hydroxylation is 2. The number of nitrogens with one attached hydrogen (secondary N) is 3. The van der Waals surface area contributed by atoms with E-state index in [1.165, 1.54) is 7.11 Å². The summed E-state index contributed by atoms with van der Waals surface area (Å²) in [5.41, 5.74) is 13.8. The number of carbonyl (C=O) groups is 2. The first-order valence-electron chi connectivity index (χ1n) is 25.2.